The van der Waals surface area contributed by atoms with Crippen molar-refractivity contribution >= 4 is 11.7 Å². The van der Waals surface area contributed by atoms with Crippen molar-refractivity contribution in [2.45, 2.75) is 39.0 Å². The summed E-state index contributed by atoms with van der Waals surface area (Å²) in [5.74, 6) is 0.394. The van der Waals surface area contributed by atoms with E-state index in [9.17, 15) is 14.9 Å². The second kappa shape index (κ2) is 37.3. The van der Waals surface area contributed by atoms with E-state index in [0.717, 1.165) is 25.7 Å². The summed E-state index contributed by atoms with van der Waals surface area (Å²) in [6, 6.07) is 5.90. The first-order chi connectivity index (χ1) is 25.1. The van der Waals surface area contributed by atoms with Gasteiger partial charge in [0.15, 0.2) is 0 Å². The van der Waals surface area contributed by atoms with Gasteiger partial charge in [0.1, 0.15) is 19.0 Å². The molecule has 0 heterocycles. The molecule has 1 aromatic carbocycles. The number of esters is 1. The zero-order chi connectivity index (χ0) is 36.7. The Balaban J connectivity index is 1.65. The summed E-state index contributed by atoms with van der Waals surface area (Å²) < 4.78 is 65.1. The molecule has 0 aliphatic rings. The lowest BCUT2D eigenvalue weighted by molar-refractivity contribution is -0.384. The van der Waals surface area contributed by atoms with Gasteiger partial charge in [0.2, 0.25) is 0 Å². The first-order valence-corrected chi connectivity index (χ1v) is 17.9. The average molecular weight is 736 g/mol. The van der Waals surface area contributed by atoms with E-state index < -0.39 is 4.92 Å². The number of nitro groups is 1. The van der Waals surface area contributed by atoms with Crippen molar-refractivity contribution in [3.05, 3.63) is 34.4 Å². The van der Waals surface area contributed by atoms with Crippen molar-refractivity contribution in [1.82, 2.24) is 0 Å². The molecule has 1 rings (SSSR count). The maximum Gasteiger partial charge on any atom is 0.305 e. The third-order valence-corrected chi connectivity index (χ3v) is 6.62. The van der Waals surface area contributed by atoms with Crippen LogP contribution >= 0.6 is 0 Å². The molecule has 0 aliphatic carbocycles. The van der Waals surface area contributed by atoms with E-state index in [1.54, 1.807) is 12.1 Å². The fraction of sp³-hybridized carbons (Fsp3) is 0.800. The van der Waals surface area contributed by atoms with E-state index in [-0.39, 0.29) is 18.3 Å². The number of nitrogens with zero attached hydrogens (tertiary/aromatic N) is 1. The first-order valence-electron chi connectivity index (χ1n) is 17.9. The minimum Gasteiger partial charge on any atom is -0.491 e. The van der Waals surface area contributed by atoms with E-state index in [2.05, 4.69) is 6.92 Å². The highest BCUT2D eigenvalue weighted by Gasteiger charge is 2.05. The molecule has 296 valence electrons. The minimum atomic E-state index is -0.454. The number of non-ortho nitro benzene ring substituents is 1. The van der Waals surface area contributed by atoms with Crippen molar-refractivity contribution in [3.8, 4) is 5.75 Å². The summed E-state index contributed by atoms with van der Waals surface area (Å²) in [5.41, 5.74) is 0.0230. The summed E-state index contributed by atoms with van der Waals surface area (Å²) >= 11 is 0. The second-order valence-electron chi connectivity index (χ2n) is 10.8. The number of hydrogen-bond acceptors (Lipinski definition) is 15. The molecule has 0 unspecified atom stereocenters. The van der Waals surface area contributed by atoms with Crippen LogP contribution < -0.4 is 4.74 Å². The van der Waals surface area contributed by atoms with Crippen molar-refractivity contribution < 1.29 is 66.6 Å². The van der Waals surface area contributed by atoms with Crippen molar-refractivity contribution in [3.63, 3.8) is 0 Å². The summed E-state index contributed by atoms with van der Waals surface area (Å²) in [5, 5.41) is 10.6. The van der Waals surface area contributed by atoms with Gasteiger partial charge in [0.05, 0.1) is 137 Å². The number of unbranched alkanes of at least 4 members (excludes halogenated alkanes) is 3. The van der Waals surface area contributed by atoms with Gasteiger partial charge in [-0.05, 0) is 18.6 Å². The van der Waals surface area contributed by atoms with E-state index in [1.807, 2.05) is 0 Å². The maximum absolute atomic E-state index is 11.5. The second-order valence-corrected chi connectivity index (χ2v) is 10.8. The smallest absolute Gasteiger partial charge is 0.305 e. The number of carbonyl (C=O) groups excluding carboxylic acids is 1. The van der Waals surface area contributed by atoms with Crippen LogP contribution in [-0.2, 0) is 56.9 Å². The Kier molecular flexibility index (Phi) is 34.0. The predicted molar refractivity (Wildman–Crippen MR) is 186 cm³/mol. The molecule has 0 radical (unpaired) electrons. The van der Waals surface area contributed by atoms with Crippen LogP contribution in [0, 0.1) is 10.1 Å². The topological polar surface area (TPSA) is 171 Å². The van der Waals surface area contributed by atoms with Crippen LogP contribution in [0.25, 0.3) is 0 Å². The minimum absolute atomic E-state index is 0.0230. The predicted octanol–water partition coefficient (Wildman–Crippen LogP) is 3.65. The number of hydrogen-bond donors (Lipinski definition) is 0. The molecule has 0 amide bonds. The van der Waals surface area contributed by atoms with Gasteiger partial charge in [-0.2, -0.15) is 0 Å². The number of rotatable bonds is 40. The van der Waals surface area contributed by atoms with Crippen molar-refractivity contribution in [1.29, 1.82) is 0 Å². The standard InChI is InChI=1S/C35H61NO15/c1-2-3-4-5-6-35(37)51-32-30-49-28-26-47-24-22-45-20-18-43-16-14-41-12-11-40-13-15-42-17-19-44-21-23-46-25-27-48-29-31-50-34-9-7-33(8-10-34)36(38)39/h7-10H,2-6,11-32H2,1H3. The van der Waals surface area contributed by atoms with Crippen LogP contribution in [0.2, 0.25) is 0 Å². The number of benzene rings is 1. The Morgan fingerprint density at radius 1 is 0.490 bits per heavy atom. The lowest BCUT2D eigenvalue weighted by atomic mass is 10.2. The Morgan fingerprint density at radius 2 is 0.824 bits per heavy atom. The first kappa shape index (κ1) is 46.5. The van der Waals surface area contributed by atoms with Crippen LogP contribution in [0.5, 0.6) is 5.75 Å². The van der Waals surface area contributed by atoms with E-state index in [0.29, 0.717) is 151 Å². The maximum atomic E-state index is 11.5. The molecule has 0 saturated carbocycles. The van der Waals surface area contributed by atoms with E-state index in [1.165, 1.54) is 12.1 Å². The van der Waals surface area contributed by atoms with Gasteiger partial charge in [0, 0.05) is 18.6 Å². The lowest BCUT2D eigenvalue weighted by Gasteiger charge is -2.09. The monoisotopic (exact) mass is 735 g/mol. The zero-order valence-corrected chi connectivity index (χ0v) is 30.5. The molecular weight excluding hydrogens is 674 g/mol. The van der Waals surface area contributed by atoms with Gasteiger partial charge in [-0.15, -0.1) is 0 Å². The quantitative estimate of drug-likeness (QED) is 0.0414. The molecule has 0 fully saturated rings. The lowest BCUT2D eigenvalue weighted by Crippen LogP contribution is -2.15. The SMILES string of the molecule is CCCCCCC(=O)OCCOCCOCCOCCOCCOCCOCCOCCOCCOCCOCCOc1ccc([N+](=O)[O-])cc1. The number of carbonyl (C=O) groups is 1. The Hall–Kier alpha value is -2.51. The summed E-state index contributed by atoms with van der Waals surface area (Å²) in [6.07, 6.45) is 4.73. The van der Waals surface area contributed by atoms with Gasteiger partial charge in [-0.1, -0.05) is 26.2 Å². The van der Waals surface area contributed by atoms with Crippen LogP contribution in [0.1, 0.15) is 39.0 Å². The van der Waals surface area contributed by atoms with Crippen LogP contribution in [0.3, 0.4) is 0 Å². The molecule has 0 atom stereocenters. The van der Waals surface area contributed by atoms with Crippen molar-refractivity contribution in [2.24, 2.45) is 0 Å². The molecule has 1 aromatic rings. The van der Waals surface area contributed by atoms with Gasteiger partial charge in [0.25, 0.3) is 5.69 Å². The molecule has 0 spiro atoms. The van der Waals surface area contributed by atoms with Gasteiger partial charge >= 0.3 is 5.97 Å². The average Bonchev–Trinajstić information content (AvgIpc) is 3.13. The highest BCUT2D eigenvalue weighted by Crippen LogP contribution is 2.17. The van der Waals surface area contributed by atoms with Gasteiger partial charge < -0.3 is 56.8 Å². The number of nitro benzene ring substituents is 1. The molecule has 16 nitrogen and oxygen atoms in total. The largest absolute Gasteiger partial charge is 0.491 e. The van der Waals surface area contributed by atoms with E-state index >= 15 is 0 Å². The molecule has 0 bridgehead atoms. The molecule has 16 heteroatoms. The van der Waals surface area contributed by atoms with Crippen LogP contribution in [0.15, 0.2) is 24.3 Å². The molecule has 0 aliphatic heterocycles. The van der Waals surface area contributed by atoms with Gasteiger partial charge in [-0.3, -0.25) is 14.9 Å². The normalized spacial score (nSPS) is 11.2. The van der Waals surface area contributed by atoms with Crippen LogP contribution in [0.4, 0.5) is 5.69 Å². The Morgan fingerprint density at radius 3 is 1.16 bits per heavy atom. The van der Waals surface area contributed by atoms with Crippen molar-refractivity contribution in [2.75, 3.05) is 145 Å². The number of ether oxygens (including phenoxy) is 12. The zero-order valence-electron chi connectivity index (χ0n) is 30.5. The fourth-order valence-electron chi connectivity index (χ4n) is 3.95. The van der Waals surface area contributed by atoms with Gasteiger partial charge in [-0.25, -0.2) is 0 Å². The summed E-state index contributed by atoms with van der Waals surface area (Å²) in [6.45, 7) is 12.0. The Labute approximate surface area is 302 Å². The molecule has 0 N–H and O–H groups in total. The molecule has 0 aromatic heterocycles. The summed E-state index contributed by atoms with van der Waals surface area (Å²) in [7, 11) is 0. The Bertz CT molecular complexity index is 910. The van der Waals surface area contributed by atoms with Crippen LogP contribution in [-0.4, -0.2) is 156 Å². The third kappa shape index (κ3) is 33.1. The molecule has 51 heavy (non-hydrogen) atoms. The fourth-order valence-corrected chi connectivity index (χ4v) is 3.95. The molecule has 0 saturated heterocycles. The highest BCUT2D eigenvalue weighted by molar-refractivity contribution is 5.69. The molecular formula is C35H61NO15. The highest BCUT2D eigenvalue weighted by atomic mass is 16.6. The van der Waals surface area contributed by atoms with E-state index in [4.69, 9.17) is 56.8 Å². The third-order valence-electron chi connectivity index (χ3n) is 6.62. The summed E-state index contributed by atoms with van der Waals surface area (Å²) in [4.78, 5) is 21.7.